The Bertz CT molecular complexity index is 999. The lowest BCUT2D eigenvalue weighted by atomic mass is 10.1. The molecule has 4 rings (SSSR count). The smallest absolute Gasteiger partial charge is 0.354 e. The molecule has 0 saturated carbocycles. The van der Waals surface area contributed by atoms with Gasteiger partial charge in [0, 0.05) is 23.5 Å². The third-order valence-corrected chi connectivity index (χ3v) is 4.84. The van der Waals surface area contributed by atoms with Gasteiger partial charge in [-0.1, -0.05) is 29.8 Å². The number of nitrogens with zero attached hydrogens (tertiary/aromatic N) is 3. The maximum absolute atomic E-state index is 12.8. The van der Waals surface area contributed by atoms with Crippen molar-refractivity contribution in [3.05, 3.63) is 64.0 Å². The van der Waals surface area contributed by atoms with Gasteiger partial charge in [0.1, 0.15) is 5.82 Å². The molecule has 0 radical (unpaired) electrons. The zero-order chi connectivity index (χ0) is 17.6. The number of halogens is 1. The Morgan fingerprint density at radius 3 is 2.64 bits per heavy atom. The summed E-state index contributed by atoms with van der Waals surface area (Å²) in [6.07, 6.45) is 0.644. The van der Waals surface area contributed by atoms with E-state index in [4.69, 9.17) is 11.6 Å². The number of aromatic nitrogens is 2. The molecule has 2 aromatic carbocycles. The predicted octanol–water partition coefficient (Wildman–Crippen LogP) is 3.00. The normalized spacial score (nSPS) is 20.4. The van der Waals surface area contributed by atoms with Gasteiger partial charge in [-0.3, -0.25) is 4.57 Å². The molecule has 2 heterocycles. The van der Waals surface area contributed by atoms with E-state index >= 15 is 0 Å². The number of rotatable bonds is 2. The number of anilines is 1. The number of β-amino-alcohol motifs (C(OH)–C–C–N with tert-alkyl or cyclic N) is 1. The molecule has 1 saturated heterocycles. The highest BCUT2D eigenvalue weighted by Gasteiger charge is 2.33. The van der Waals surface area contributed by atoms with Gasteiger partial charge in [-0.2, -0.15) is 4.98 Å². The molecule has 1 N–H and O–H groups in total. The van der Waals surface area contributed by atoms with Gasteiger partial charge >= 0.3 is 5.69 Å². The Hall–Kier alpha value is -2.37. The fraction of sp³-hybridized carbons (Fsp3) is 0.263. The standard InChI is InChI=1S/C19H18ClN3O2/c1-19(25)9-10-22(12-19)17-15-8-7-13(20)11-16(15)23(18(24)21-17)14-5-3-2-4-6-14/h2-8,11,25H,9-10,12H2,1H3. The van der Waals surface area contributed by atoms with E-state index in [9.17, 15) is 9.90 Å². The lowest BCUT2D eigenvalue weighted by molar-refractivity contribution is 0.0839. The first kappa shape index (κ1) is 16.1. The molecular formula is C19H18ClN3O2. The summed E-state index contributed by atoms with van der Waals surface area (Å²) >= 11 is 6.20. The molecule has 128 valence electrons. The van der Waals surface area contributed by atoms with Crippen LogP contribution in [0.2, 0.25) is 5.02 Å². The van der Waals surface area contributed by atoms with Crippen LogP contribution < -0.4 is 10.6 Å². The molecule has 1 unspecified atom stereocenters. The van der Waals surface area contributed by atoms with Crippen molar-refractivity contribution in [2.75, 3.05) is 18.0 Å². The Labute approximate surface area is 150 Å². The van der Waals surface area contributed by atoms with E-state index in [2.05, 4.69) is 4.98 Å². The monoisotopic (exact) mass is 355 g/mol. The van der Waals surface area contributed by atoms with Crippen molar-refractivity contribution in [1.29, 1.82) is 0 Å². The Kier molecular flexibility index (Phi) is 3.78. The molecule has 1 aromatic heterocycles. The van der Waals surface area contributed by atoms with Crippen LogP contribution in [-0.2, 0) is 0 Å². The van der Waals surface area contributed by atoms with Gasteiger partial charge in [-0.15, -0.1) is 0 Å². The molecule has 1 fully saturated rings. The van der Waals surface area contributed by atoms with Crippen molar-refractivity contribution in [3.63, 3.8) is 0 Å². The summed E-state index contributed by atoms with van der Waals surface area (Å²) < 4.78 is 1.57. The van der Waals surface area contributed by atoms with E-state index in [1.54, 1.807) is 23.6 Å². The first-order chi connectivity index (χ1) is 11.9. The maximum atomic E-state index is 12.8. The maximum Gasteiger partial charge on any atom is 0.354 e. The average molecular weight is 356 g/mol. The van der Waals surface area contributed by atoms with Gasteiger partial charge in [0.15, 0.2) is 0 Å². The first-order valence-corrected chi connectivity index (χ1v) is 8.57. The van der Waals surface area contributed by atoms with E-state index in [1.165, 1.54) is 0 Å². The number of fused-ring (bicyclic) bond motifs is 1. The van der Waals surface area contributed by atoms with Gasteiger partial charge in [0.05, 0.1) is 16.8 Å². The highest BCUT2D eigenvalue weighted by Crippen LogP contribution is 2.31. The number of aliphatic hydroxyl groups is 1. The van der Waals surface area contributed by atoms with Crippen molar-refractivity contribution >= 4 is 28.3 Å². The van der Waals surface area contributed by atoms with Crippen LogP contribution >= 0.6 is 11.6 Å². The molecule has 1 atom stereocenters. The molecule has 5 nitrogen and oxygen atoms in total. The van der Waals surface area contributed by atoms with Crippen molar-refractivity contribution in [2.45, 2.75) is 18.9 Å². The van der Waals surface area contributed by atoms with Crippen LogP contribution in [0.1, 0.15) is 13.3 Å². The van der Waals surface area contributed by atoms with Crippen molar-refractivity contribution in [1.82, 2.24) is 9.55 Å². The molecule has 6 heteroatoms. The van der Waals surface area contributed by atoms with Gasteiger partial charge in [0.2, 0.25) is 0 Å². The second-order valence-electron chi connectivity index (χ2n) is 6.72. The van der Waals surface area contributed by atoms with Crippen LogP contribution in [0.5, 0.6) is 0 Å². The third-order valence-electron chi connectivity index (χ3n) is 4.60. The molecule has 0 aliphatic carbocycles. The molecule has 3 aromatic rings. The Balaban J connectivity index is 1.98. The highest BCUT2D eigenvalue weighted by atomic mass is 35.5. The lowest BCUT2D eigenvalue weighted by Gasteiger charge is -2.22. The van der Waals surface area contributed by atoms with Crippen LogP contribution in [0.15, 0.2) is 53.3 Å². The Morgan fingerprint density at radius 2 is 1.96 bits per heavy atom. The number of hydrogen-bond donors (Lipinski definition) is 1. The summed E-state index contributed by atoms with van der Waals surface area (Å²) in [5.41, 5.74) is 0.323. The molecule has 0 amide bonds. The van der Waals surface area contributed by atoms with Gasteiger partial charge in [-0.05, 0) is 43.7 Å². The third kappa shape index (κ3) is 2.90. The fourth-order valence-corrected chi connectivity index (χ4v) is 3.54. The SMILES string of the molecule is CC1(O)CCN(c2nc(=O)n(-c3ccccc3)c3cc(Cl)ccc23)C1. The van der Waals surface area contributed by atoms with Gasteiger partial charge < -0.3 is 10.0 Å². The minimum Gasteiger partial charge on any atom is -0.388 e. The summed E-state index contributed by atoms with van der Waals surface area (Å²) in [4.78, 5) is 19.1. The van der Waals surface area contributed by atoms with E-state index in [0.717, 1.165) is 11.1 Å². The van der Waals surface area contributed by atoms with E-state index in [1.807, 2.05) is 41.3 Å². The minimum atomic E-state index is -0.769. The van der Waals surface area contributed by atoms with Crippen LogP contribution in [0, 0.1) is 0 Å². The zero-order valence-corrected chi connectivity index (χ0v) is 14.6. The van der Waals surface area contributed by atoms with Crippen LogP contribution in [-0.4, -0.2) is 33.3 Å². The molecule has 0 spiro atoms. The fourth-order valence-electron chi connectivity index (χ4n) is 3.38. The summed E-state index contributed by atoms with van der Waals surface area (Å²) in [6.45, 7) is 2.91. The van der Waals surface area contributed by atoms with Gasteiger partial charge in [0.25, 0.3) is 0 Å². The van der Waals surface area contributed by atoms with Crippen molar-refractivity contribution in [3.8, 4) is 5.69 Å². The predicted molar refractivity (Wildman–Crippen MR) is 99.8 cm³/mol. The average Bonchev–Trinajstić information content (AvgIpc) is 2.94. The summed E-state index contributed by atoms with van der Waals surface area (Å²) in [5.74, 6) is 0.599. The number of benzene rings is 2. The second-order valence-corrected chi connectivity index (χ2v) is 7.16. The number of hydrogen-bond acceptors (Lipinski definition) is 4. The lowest BCUT2D eigenvalue weighted by Crippen LogP contribution is -2.32. The van der Waals surface area contributed by atoms with Crippen LogP contribution in [0.25, 0.3) is 16.6 Å². The van der Waals surface area contributed by atoms with E-state index in [0.29, 0.717) is 35.9 Å². The first-order valence-electron chi connectivity index (χ1n) is 8.20. The van der Waals surface area contributed by atoms with E-state index in [-0.39, 0.29) is 5.69 Å². The van der Waals surface area contributed by atoms with Crippen molar-refractivity contribution < 1.29 is 5.11 Å². The molecule has 0 bridgehead atoms. The summed E-state index contributed by atoms with van der Waals surface area (Å²) in [5, 5.41) is 11.7. The highest BCUT2D eigenvalue weighted by molar-refractivity contribution is 6.31. The molecule has 25 heavy (non-hydrogen) atoms. The number of para-hydroxylation sites is 1. The van der Waals surface area contributed by atoms with Crippen molar-refractivity contribution in [2.24, 2.45) is 0 Å². The molecule has 1 aliphatic rings. The quantitative estimate of drug-likeness (QED) is 0.767. The zero-order valence-electron chi connectivity index (χ0n) is 13.8. The topological polar surface area (TPSA) is 58.4 Å². The van der Waals surface area contributed by atoms with E-state index < -0.39 is 5.60 Å². The Morgan fingerprint density at radius 1 is 1.20 bits per heavy atom. The molecule has 1 aliphatic heterocycles. The largest absolute Gasteiger partial charge is 0.388 e. The minimum absolute atomic E-state index is 0.359. The summed E-state index contributed by atoms with van der Waals surface area (Å²) in [6, 6.07) is 14.8. The second kappa shape index (κ2) is 5.86. The summed E-state index contributed by atoms with van der Waals surface area (Å²) in [7, 11) is 0. The van der Waals surface area contributed by atoms with Gasteiger partial charge in [-0.25, -0.2) is 4.79 Å². The van der Waals surface area contributed by atoms with Crippen LogP contribution in [0.4, 0.5) is 5.82 Å². The molecular weight excluding hydrogens is 338 g/mol. The van der Waals surface area contributed by atoms with Crippen LogP contribution in [0.3, 0.4) is 0 Å².